The molecule has 1 aliphatic rings. The first-order chi connectivity index (χ1) is 18.6. The minimum atomic E-state index is -0.615. The quantitative estimate of drug-likeness (QED) is 0.256. The summed E-state index contributed by atoms with van der Waals surface area (Å²) in [6.07, 6.45) is 2.46. The highest BCUT2D eigenvalue weighted by Crippen LogP contribution is 2.35. The molecule has 0 bridgehead atoms. The third-order valence-electron chi connectivity index (χ3n) is 7.47. The second-order valence-corrected chi connectivity index (χ2v) is 10.1. The molecule has 1 aliphatic heterocycles. The lowest BCUT2D eigenvalue weighted by atomic mass is 9.96. The number of rotatable bonds is 6. The molecule has 0 atom stereocenters. The maximum Gasteiger partial charge on any atom is 0.246 e. The summed E-state index contributed by atoms with van der Waals surface area (Å²) < 4.78 is 16.2. The van der Waals surface area contributed by atoms with E-state index in [1.54, 1.807) is 30.5 Å². The lowest BCUT2D eigenvalue weighted by Gasteiger charge is -2.44. The van der Waals surface area contributed by atoms with Crippen LogP contribution in [-0.2, 0) is 4.79 Å². The van der Waals surface area contributed by atoms with Gasteiger partial charge in [0.05, 0.1) is 23.1 Å². The molecule has 0 unspecified atom stereocenters. The predicted octanol–water partition coefficient (Wildman–Crippen LogP) is 4.35. The van der Waals surface area contributed by atoms with Crippen molar-refractivity contribution in [2.45, 2.75) is 26.3 Å². The van der Waals surface area contributed by atoms with E-state index < -0.39 is 11.4 Å². The molecule has 5 rings (SSSR count). The number of aromatic amines is 1. The van der Waals surface area contributed by atoms with Gasteiger partial charge in [0.15, 0.2) is 0 Å². The molecule has 0 aliphatic carbocycles. The van der Waals surface area contributed by atoms with Gasteiger partial charge in [0.25, 0.3) is 0 Å². The minimum absolute atomic E-state index is 0.0421. The number of amidine groups is 1. The zero-order valence-corrected chi connectivity index (χ0v) is 22.4. The van der Waals surface area contributed by atoms with Crippen molar-refractivity contribution in [2.75, 3.05) is 25.0 Å². The maximum atomic E-state index is 14.7. The number of hydrogen-bond acceptors (Lipinski definition) is 4. The van der Waals surface area contributed by atoms with Gasteiger partial charge in [-0.3, -0.25) is 15.1 Å². The SMILES string of the molecule is Cc1ccc(-c2cc(-c3ccnn3-c3ccccc3F)c(/C(N)=N\C=N)[nH]2)cc1N1CCN(C)C(C)(C)C1=O. The number of H-pyrrole nitrogens is 1. The number of carbonyl (C=O) groups excluding carboxylic acids is 1. The van der Waals surface area contributed by atoms with E-state index in [4.69, 9.17) is 11.1 Å². The molecular formula is C29H31FN8O. The number of aliphatic imine (C=N–C) groups is 1. The number of anilines is 1. The molecule has 0 radical (unpaired) electrons. The summed E-state index contributed by atoms with van der Waals surface area (Å²) in [5.41, 5.74) is 11.1. The van der Waals surface area contributed by atoms with Gasteiger partial charge in [-0.2, -0.15) is 5.10 Å². The summed E-state index contributed by atoms with van der Waals surface area (Å²) in [6, 6.07) is 16.0. The Hall–Kier alpha value is -4.57. The van der Waals surface area contributed by atoms with Crippen LogP contribution in [0.25, 0.3) is 28.2 Å². The number of halogens is 1. The number of carbonyl (C=O) groups is 1. The van der Waals surface area contributed by atoms with Gasteiger partial charge in [-0.05, 0) is 63.7 Å². The van der Waals surface area contributed by atoms with Crippen molar-refractivity contribution in [1.82, 2.24) is 19.7 Å². The number of amides is 1. The molecule has 1 fully saturated rings. The number of nitrogens with zero attached hydrogens (tertiary/aromatic N) is 5. The predicted molar refractivity (Wildman–Crippen MR) is 152 cm³/mol. The molecule has 4 aromatic rings. The van der Waals surface area contributed by atoms with Crippen molar-refractivity contribution in [3.8, 4) is 28.2 Å². The van der Waals surface area contributed by atoms with Gasteiger partial charge in [0.1, 0.15) is 23.7 Å². The van der Waals surface area contributed by atoms with Gasteiger partial charge < -0.3 is 15.6 Å². The molecule has 10 heteroatoms. The van der Waals surface area contributed by atoms with E-state index in [0.29, 0.717) is 29.2 Å². The monoisotopic (exact) mass is 526 g/mol. The number of likely N-dealkylation sites (N-methyl/N-ethyl adjacent to an activating group) is 1. The number of piperazine rings is 1. The second-order valence-electron chi connectivity index (χ2n) is 10.1. The van der Waals surface area contributed by atoms with Crippen LogP contribution in [0.5, 0.6) is 0 Å². The molecule has 1 saturated heterocycles. The molecule has 3 heterocycles. The number of aromatic nitrogens is 3. The average molecular weight is 527 g/mol. The lowest BCUT2D eigenvalue weighted by Crippen LogP contribution is -2.62. The van der Waals surface area contributed by atoms with Crippen LogP contribution >= 0.6 is 0 Å². The Morgan fingerprint density at radius 1 is 1.15 bits per heavy atom. The number of benzene rings is 2. The van der Waals surface area contributed by atoms with E-state index in [-0.39, 0.29) is 11.7 Å². The molecule has 1 amide bonds. The van der Waals surface area contributed by atoms with Crippen LogP contribution in [0.1, 0.15) is 25.1 Å². The van der Waals surface area contributed by atoms with Crippen LogP contribution in [-0.4, -0.2) is 63.4 Å². The van der Waals surface area contributed by atoms with Crippen LogP contribution in [0.2, 0.25) is 0 Å². The zero-order chi connectivity index (χ0) is 27.9. The van der Waals surface area contributed by atoms with E-state index in [1.807, 2.05) is 57.0 Å². The van der Waals surface area contributed by atoms with Crippen molar-refractivity contribution < 1.29 is 9.18 Å². The molecule has 9 nitrogen and oxygen atoms in total. The maximum absolute atomic E-state index is 14.7. The van der Waals surface area contributed by atoms with Crippen LogP contribution in [0.3, 0.4) is 0 Å². The average Bonchev–Trinajstić information content (AvgIpc) is 3.56. The number of nitrogens with one attached hydrogen (secondary N) is 2. The summed E-state index contributed by atoms with van der Waals surface area (Å²) in [4.78, 5) is 24.6. The highest BCUT2D eigenvalue weighted by Gasteiger charge is 2.40. The van der Waals surface area contributed by atoms with Gasteiger partial charge >= 0.3 is 0 Å². The van der Waals surface area contributed by atoms with Crippen molar-refractivity contribution in [3.63, 3.8) is 0 Å². The normalized spacial score (nSPS) is 16.1. The number of nitrogens with two attached hydrogens (primary N) is 1. The van der Waals surface area contributed by atoms with Crippen LogP contribution < -0.4 is 10.6 Å². The molecule has 200 valence electrons. The van der Waals surface area contributed by atoms with Gasteiger partial charge in [0.2, 0.25) is 5.91 Å². The largest absolute Gasteiger partial charge is 0.382 e. The standard InChI is InChI=1S/C29H31FN8O/c1-18-9-10-19(15-25(18)37-14-13-36(4)29(2,3)28(37)39)22-16-20(26(35-22)27(32)33-17-31)23-11-12-34-38(23)24-8-6-5-7-21(24)30/h5-12,15-17,35H,13-14H2,1-4H3,(H3,31,32,33). The van der Waals surface area contributed by atoms with E-state index >= 15 is 0 Å². The van der Waals surface area contributed by atoms with Gasteiger partial charge in [0, 0.05) is 35.6 Å². The fourth-order valence-electron chi connectivity index (χ4n) is 4.89. The van der Waals surface area contributed by atoms with Crippen molar-refractivity contribution in [2.24, 2.45) is 10.7 Å². The smallest absolute Gasteiger partial charge is 0.246 e. The number of para-hydroxylation sites is 1. The Kier molecular flexibility index (Phi) is 6.65. The Labute approximate surface area is 226 Å². The van der Waals surface area contributed by atoms with Crippen molar-refractivity contribution in [1.29, 1.82) is 5.41 Å². The molecule has 0 spiro atoms. The number of hydrogen-bond donors (Lipinski definition) is 3. The fraction of sp³-hybridized carbons (Fsp3) is 0.241. The summed E-state index contributed by atoms with van der Waals surface area (Å²) in [6.45, 7) is 7.22. The Balaban J connectivity index is 1.63. The van der Waals surface area contributed by atoms with Gasteiger partial charge in [-0.25, -0.2) is 14.1 Å². The summed E-state index contributed by atoms with van der Waals surface area (Å²) in [5, 5.41) is 11.8. The topological polar surface area (TPSA) is 119 Å². The van der Waals surface area contributed by atoms with E-state index in [2.05, 4.69) is 20.0 Å². The Morgan fingerprint density at radius 3 is 2.67 bits per heavy atom. The molecule has 0 saturated carbocycles. The highest BCUT2D eigenvalue weighted by atomic mass is 19.1. The molecule has 39 heavy (non-hydrogen) atoms. The zero-order valence-electron chi connectivity index (χ0n) is 22.4. The second kappa shape index (κ2) is 9.95. The first-order valence-electron chi connectivity index (χ1n) is 12.6. The number of aryl methyl sites for hydroxylation is 1. The van der Waals surface area contributed by atoms with Crippen molar-refractivity contribution >= 4 is 23.8 Å². The summed E-state index contributed by atoms with van der Waals surface area (Å²) in [5.74, 6) is -0.264. The minimum Gasteiger partial charge on any atom is -0.382 e. The first kappa shape index (κ1) is 26.1. The van der Waals surface area contributed by atoms with Gasteiger partial charge in [-0.15, -0.1) is 0 Å². The third-order valence-corrected chi connectivity index (χ3v) is 7.47. The molecule has 2 aromatic heterocycles. The van der Waals surface area contributed by atoms with E-state index in [1.165, 1.54) is 10.7 Å². The summed E-state index contributed by atoms with van der Waals surface area (Å²) >= 11 is 0. The molecule has 4 N–H and O–H groups in total. The van der Waals surface area contributed by atoms with E-state index in [9.17, 15) is 9.18 Å². The van der Waals surface area contributed by atoms with Crippen LogP contribution in [0.4, 0.5) is 10.1 Å². The summed E-state index contributed by atoms with van der Waals surface area (Å²) in [7, 11) is 1.97. The lowest BCUT2D eigenvalue weighted by molar-refractivity contribution is -0.130. The third kappa shape index (κ3) is 4.52. The fourth-order valence-corrected chi connectivity index (χ4v) is 4.89. The molecule has 2 aromatic carbocycles. The van der Waals surface area contributed by atoms with Crippen molar-refractivity contribution in [3.05, 3.63) is 77.9 Å². The van der Waals surface area contributed by atoms with E-state index in [0.717, 1.165) is 35.4 Å². The Morgan fingerprint density at radius 2 is 1.92 bits per heavy atom. The van der Waals surface area contributed by atoms with Crippen LogP contribution in [0.15, 0.2) is 65.8 Å². The molecular weight excluding hydrogens is 495 g/mol. The first-order valence-corrected chi connectivity index (χ1v) is 12.6. The van der Waals surface area contributed by atoms with Crippen LogP contribution in [0, 0.1) is 18.2 Å². The Bertz CT molecular complexity index is 1600. The highest BCUT2D eigenvalue weighted by molar-refractivity contribution is 6.06. The van der Waals surface area contributed by atoms with Gasteiger partial charge in [-0.1, -0.05) is 24.3 Å².